The van der Waals surface area contributed by atoms with E-state index in [9.17, 15) is 14.3 Å². The van der Waals surface area contributed by atoms with Crippen LogP contribution in [-0.4, -0.2) is 24.8 Å². The summed E-state index contributed by atoms with van der Waals surface area (Å²) in [7, 11) is 1.63. The van der Waals surface area contributed by atoms with Crippen LogP contribution in [0.15, 0.2) is 42.5 Å². The van der Waals surface area contributed by atoms with Gasteiger partial charge in [-0.15, -0.1) is 0 Å². The summed E-state index contributed by atoms with van der Waals surface area (Å²) in [5, 5.41) is 15.5. The van der Waals surface area contributed by atoms with E-state index in [1.165, 1.54) is 12.1 Å². The van der Waals surface area contributed by atoms with E-state index in [4.69, 9.17) is 4.74 Å². The number of hydrogen-bond donors (Lipinski definition) is 3. The highest BCUT2D eigenvalue weighted by Crippen LogP contribution is 2.36. The van der Waals surface area contributed by atoms with Gasteiger partial charge in [0.1, 0.15) is 11.6 Å². The van der Waals surface area contributed by atoms with Crippen LogP contribution >= 0.6 is 0 Å². The summed E-state index contributed by atoms with van der Waals surface area (Å²) in [6.45, 7) is -0.0650. The summed E-state index contributed by atoms with van der Waals surface area (Å²) >= 11 is 0. The molecule has 6 heteroatoms. The standard InChI is InChI=1S/C19H21FN2O3/c1-25-18-8-4-6-12-13(18)9-10-16(12)22-19(24)21-11-17(23)14-5-2-3-7-15(14)20/h2-8,16-17,23H,9-11H2,1H3,(H2,21,22,24)/t16-,17-/m1/s1. The van der Waals surface area contributed by atoms with Crippen molar-refractivity contribution in [3.63, 3.8) is 0 Å². The highest BCUT2D eigenvalue weighted by atomic mass is 19.1. The third-order valence-electron chi connectivity index (χ3n) is 4.47. The number of carbonyl (C=O) groups excluding carboxylic acids is 1. The third kappa shape index (κ3) is 3.74. The van der Waals surface area contributed by atoms with E-state index >= 15 is 0 Å². The van der Waals surface area contributed by atoms with Gasteiger partial charge < -0.3 is 20.5 Å². The zero-order valence-corrected chi connectivity index (χ0v) is 14.0. The van der Waals surface area contributed by atoms with Gasteiger partial charge in [0.15, 0.2) is 0 Å². The quantitative estimate of drug-likeness (QED) is 0.781. The summed E-state index contributed by atoms with van der Waals surface area (Å²) in [5.74, 6) is 0.339. The monoisotopic (exact) mass is 344 g/mol. The molecule has 2 aromatic rings. The molecule has 0 saturated carbocycles. The topological polar surface area (TPSA) is 70.6 Å². The second kappa shape index (κ2) is 7.53. The van der Waals surface area contributed by atoms with Gasteiger partial charge in [0.2, 0.25) is 0 Å². The fourth-order valence-corrected chi connectivity index (χ4v) is 3.22. The molecule has 25 heavy (non-hydrogen) atoms. The van der Waals surface area contributed by atoms with Crippen molar-refractivity contribution < 1.29 is 19.0 Å². The normalized spacial score (nSPS) is 16.8. The molecule has 132 valence electrons. The van der Waals surface area contributed by atoms with Gasteiger partial charge >= 0.3 is 6.03 Å². The lowest BCUT2D eigenvalue weighted by Crippen LogP contribution is -2.39. The van der Waals surface area contributed by atoms with Crippen LogP contribution in [0.2, 0.25) is 0 Å². The first kappa shape index (κ1) is 17.2. The molecule has 1 aliphatic carbocycles. The van der Waals surface area contributed by atoms with Crippen LogP contribution < -0.4 is 15.4 Å². The average molecular weight is 344 g/mol. The summed E-state index contributed by atoms with van der Waals surface area (Å²) in [4.78, 5) is 12.1. The van der Waals surface area contributed by atoms with Crippen LogP contribution in [0.4, 0.5) is 9.18 Å². The number of hydrogen-bond acceptors (Lipinski definition) is 3. The third-order valence-corrected chi connectivity index (χ3v) is 4.47. The van der Waals surface area contributed by atoms with Gasteiger partial charge in [-0.1, -0.05) is 30.3 Å². The van der Waals surface area contributed by atoms with E-state index in [0.29, 0.717) is 0 Å². The lowest BCUT2D eigenvalue weighted by molar-refractivity contribution is 0.168. The molecule has 2 amide bonds. The number of benzene rings is 2. The van der Waals surface area contributed by atoms with Crippen LogP contribution in [0.5, 0.6) is 5.75 Å². The minimum atomic E-state index is -1.09. The number of carbonyl (C=O) groups is 1. The van der Waals surface area contributed by atoms with Gasteiger partial charge in [-0.25, -0.2) is 9.18 Å². The first-order valence-corrected chi connectivity index (χ1v) is 8.22. The van der Waals surface area contributed by atoms with Crippen molar-refractivity contribution >= 4 is 6.03 Å². The second-order valence-corrected chi connectivity index (χ2v) is 6.01. The van der Waals surface area contributed by atoms with Crippen molar-refractivity contribution in [1.29, 1.82) is 0 Å². The van der Waals surface area contributed by atoms with Gasteiger partial charge in [-0.05, 0) is 36.1 Å². The fraction of sp³-hybridized carbons (Fsp3) is 0.316. The molecule has 0 aromatic heterocycles. The largest absolute Gasteiger partial charge is 0.496 e. The maximum absolute atomic E-state index is 13.6. The molecule has 0 aliphatic heterocycles. The van der Waals surface area contributed by atoms with E-state index in [-0.39, 0.29) is 18.2 Å². The highest BCUT2D eigenvalue weighted by Gasteiger charge is 2.26. The molecule has 0 saturated heterocycles. The molecule has 3 N–H and O–H groups in total. The molecule has 3 rings (SSSR count). The van der Waals surface area contributed by atoms with Gasteiger partial charge in [0, 0.05) is 12.1 Å². The number of aliphatic hydroxyl groups excluding tert-OH is 1. The Bertz CT molecular complexity index is 766. The molecule has 0 radical (unpaired) electrons. The predicted molar refractivity (Wildman–Crippen MR) is 92.0 cm³/mol. The van der Waals surface area contributed by atoms with Crippen molar-refractivity contribution in [2.45, 2.75) is 25.0 Å². The molecule has 0 heterocycles. The Morgan fingerprint density at radius 2 is 2.12 bits per heavy atom. The Morgan fingerprint density at radius 3 is 2.88 bits per heavy atom. The molecule has 0 unspecified atom stereocenters. The summed E-state index contributed by atoms with van der Waals surface area (Å²) in [5.41, 5.74) is 2.32. The Morgan fingerprint density at radius 1 is 1.32 bits per heavy atom. The van der Waals surface area contributed by atoms with Gasteiger partial charge in [0.25, 0.3) is 0 Å². The van der Waals surface area contributed by atoms with Crippen molar-refractivity contribution in [3.8, 4) is 5.75 Å². The van der Waals surface area contributed by atoms with E-state index in [2.05, 4.69) is 10.6 Å². The number of aliphatic hydroxyl groups is 1. The SMILES string of the molecule is COc1cccc2c1CC[C@H]2NC(=O)NC[C@@H](O)c1ccccc1F. The zero-order valence-electron chi connectivity index (χ0n) is 14.0. The minimum Gasteiger partial charge on any atom is -0.496 e. The molecule has 1 aliphatic rings. The maximum Gasteiger partial charge on any atom is 0.315 e. The number of halogens is 1. The van der Waals surface area contributed by atoms with Crippen LogP contribution in [0.3, 0.4) is 0 Å². The van der Waals surface area contributed by atoms with Crippen molar-refractivity contribution in [3.05, 3.63) is 65.0 Å². The molecular weight excluding hydrogens is 323 g/mol. The number of nitrogens with one attached hydrogen (secondary N) is 2. The Kier molecular flexibility index (Phi) is 5.19. The number of methoxy groups -OCH3 is 1. The van der Waals surface area contributed by atoms with Gasteiger partial charge in [-0.3, -0.25) is 0 Å². The van der Waals surface area contributed by atoms with Crippen molar-refractivity contribution in [2.24, 2.45) is 0 Å². The van der Waals surface area contributed by atoms with E-state index in [0.717, 1.165) is 29.7 Å². The number of rotatable bonds is 5. The number of fused-ring (bicyclic) bond motifs is 1. The Labute approximate surface area is 145 Å². The minimum absolute atomic E-state index is 0.0650. The molecule has 0 fully saturated rings. The first-order chi connectivity index (χ1) is 12.1. The number of ether oxygens (including phenoxy) is 1. The van der Waals surface area contributed by atoms with Crippen molar-refractivity contribution in [1.82, 2.24) is 10.6 Å². The summed E-state index contributed by atoms with van der Waals surface area (Å²) in [6, 6.07) is 11.3. The fourth-order valence-electron chi connectivity index (χ4n) is 3.22. The lowest BCUT2D eigenvalue weighted by Gasteiger charge is -2.17. The molecule has 5 nitrogen and oxygen atoms in total. The van der Waals surface area contributed by atoms with Crippen LogP contribution in [0, 0.1) is 5.82 Å². The predicted octanol–water partition coefficient (Wildman–Crippen LogP) is 2.85. The summed E-state index contributed by atoms with van der Waals surface area (Å²) < 4.78 is 19.0. The average Bonchev–Trinajstić information content (AvgIpc) is 3.03. The molecule has 0 spiro atoms. The Balaban J connectivity index is 1.57. The summed E-state index contributed by atoms with van der Waals surface area (Å²) in [6.07, 6.45) is 0.532. The van der Waals surface area contributed by atoms with Crippen molar-refractivity contribution in [2.75, 3.05) is 13.7 Å². The van der Waals surface area contributed by atoms with E-state index in [1.807, 2.05) is 18.2 Å². The molecule has 2 aromatic carbocycles. The van der Waals surface area contributed by atoms with E-state index < -0.39 is 18.0 Å². The Hall–Kier alpha value is -2.60. The number of amides is 2. The van der Waals surface area contributed by atoms with Crippen LogP contribution in [-0.2, 0) is 6.42 Å². The first-order valence-electron chi connectivity index (χ1n) is 8.22. The smallest absolute Gasteiger partial charge is 0.315 e. The van der Waals surface area contributed by atoms with Gasteiger partial charge in [0.05, 0.1) is 19.3 Å². The number of urea groups is 1. The second-order valence-electron chi connectivity index (χ2n) is 6.01. The highest BCUT2D eigenvalue weighted by molar-refractivity contribution is 5.74. The van der Waals surface area contributed by atoms with E-state index in [1.54, 1.807) is 19.2 Å². The molecule has 0 bridgehead atoms. The van der Waals surface area contributed by atoms with Gasteiger partial charge in [-0.2, -0.15) is 0 Å². The molecule has 2 atom stereocenters. The maximum atomic E-state index is 13.6. The lowest BCUT2D eigenvalue weighted by atomic mass is 10.1. The van der Waals surface area contributed by atoms with Crippen LogP contribution in [0.25, 0.3) is 0 Å². The zero-order chi connectivity index (χ0) is 17.8. The molecular formula is C19H21FN2O3. The van der Waals surface area contributed by atoms with Crippen LogP contribution in [0.1, 0.15) is 35.3 Å².